The van der Waals surface area contributed by atoms with Crippen LogP contribution in [-0.2, 0) is 22.4 Å². The zero-order chi connectivity index (χ0) is 16.1. The van der Waals surface area contributed by atoms with Crippen LogP contribution in [0.15, 0.2) is 5.38 Å². The summed E-state index contributed by atoms with van der Waals surface area (Å²) < 4.78 is 13.2. The third-order valence-electron chi connectivity index (χ3n) is 3.83. The van der Waals surface area contributed by atoms with Crippen LogP contribution in [-0.4, -0.2) is 45.7 Å². The molecule has 23 heavy (non-hydrogen) atoms. The molecular formula is C16H24N4O2S. The molecule has 1 atom stereocenters. The molecule has 7 heteroatoms. The molecule has 0 aliphatic carbocycles. The van der Waals surface area contributed by atoms with E-state index < -0.39 is 0 Å². The van der Waals surface area contributed by atoms with E-state index in [1.165, 1.54) is 12.8 Å². The number of rotatable bonds is 7. The Kier molecular flexibility index (Phi) is 5.75. The van der Waals surface area contributed by atoms with E-state index in [1.807, 2.05) is 17.0 Å². The Morgan fingerprint density at radius 3 is 2.91 bits per heavy atom. The first-order valence-corrected chi connectivity index (χ1v) is 9.19. The van der Waals surface area contributed by atoms with Crippen LogP contribution >= 0.6 is 11.3 Å². The highest BCUT2D eigenvalue weighted by Gasteiger charge is 2.20. The van der Waals surface area contributed by atoms with Crippen molar-refractivity contribution in [3.05, 3.63) is 16.2 Å². The van der Waals surface area contributed by atoms with Gasteiger partial charge in [0.1, 0.15) is 11.8 Å². The second-order valence-electron chi connectivity index (χ2n) is 5.81. The lowest BCUT2D eigenvalue weighted by Gasteiger charge is -2.23. The van der Waals surface area contributed by atoms with Crippen LogP contribution in [0, 0.1) is 6.92 Å². The normalized spacial score (nSPS) is 18.4. The molecule has 0 N–H and O–H groups in total. The summed E-state index contributed by atoms with van der Waals surface area (Å²) in [6, 6.07) is 0. The summed E-state index contributed by atoms with van der Waals surface area (Å²) in [5.41, 5.74) is 0.901. The number of hydrogen-bond donors (Lipinski definition) is 0. The molecule has 0 radical (unpaired) electrons. The third kappa shape index (κ3) is 4.37. The summed E-state index contributed by atoms with van der Waals surface area (Å²) in [5.74, 6) is 1.74. The van der Waals surface area contributed by atoms with Crippen LogP contribution in [0.25, 0.3) is 11.5 Å². The van der Waals surface area contributed by atoms with Crippen molar-refractivity contribution in [1.82, 2.24) is 19.7 Å². The first kappa shape index (κ1) is 16.5. The first-order valence-electron chi connectivity index (χ1n) is 8.32. The van der Waals surface area contributed by atoms with Gasteiger partial charge in [0.25, 0.3) is 0 Å². The molecule has 6 nitrogen and oxygen atoms in total. The fourth-order valence-corrected chi connectivity index (χ4v) is 3.24. The standard InChI is InChI=1S/C16H24N4O2S/c1-3-4-5-6-15-18-16(14-11-23-12(2)17-14)20(19-15)9-13-10-21-7-8-22-13/h11,13H,3-10H2,1-2H3. The van der Waals surface area contributed by atoms with Gasteiger partial charge in [0.2, 0.25) is 0 Å². The van der Waals surface area contributed by atoms with E-state index in [2.05, 4.69) is 11.9 Å². The van der Waals surface area contributed by atoms with Crippen molar-refractivity contribution in [3.63, 3.8) is 0 Å². The minimum Gasteiger partial charge on any atom is -0.376 e. The topological polar surface area (TPSA) is 62.1 Å². The Hall–Kier alpha value is -1.31. The molecule has 0 bridgehead atoms. The van der Waals surface area contributed by atoms with Crippen molar-refractivity contribution < 1.29 is 9.47 Å². The van der Waals surface area contributed by atoms with Gasteiger partial charge in [-0.3, -0.25) is 0 Å². The van der Waals surface area contributed by atoms with E-state index in [4.69, 9.17) is 19.6 Å². The lowest BCUT2D eigenvalue weighted by molar-refractivity contribution is -0.0945. The highest BCUT2D eigenvalue weighted by atomic mass is 32.1. The van der Waals surface area contributed by atoms with E-state index in [9.17, 15) is 0 Å². The number of hydrogen-bond acceptors (Lipinski definition) is 6. The van der Waals surface area contributed by atoms with Crippen molar-refractivity contribution in [1.29, 1.82) is 0 Å². The van der Waals surface area contributed by atoms with Gasteiger partial charge >= 0.3 is 0 Å². The molecule has 0 saturated carbocycles. The summed E-state index contributed by atoms with van der Waals surface area (Å²) in [5, 5.41) is 7.78. The van der Waals surface area contributed by atoms with Crippen molar-refractivity contribution >= 4 is 11.3 Å². The second kappa shape index (κ2) is 7.99. The Morgan fingerprint density at radius 2 is 2.22 bits per heavy atom. The Balaban J connectivity index is 1.79. The summed E-state index contributed by atoms with van der Waals surface area (Å²) in [6.45, 7) is 6.81. The fourth-order valence-electron chi connectivity index (χ4n) is 2.65. The maximum atomic E-state index is 5.75. The average Bonchev–Trinajstić information content (AvgIpc) is 3.15. The van der Waals surface area contributed by atoms with Gasteiger partial charge in [-0.15, -0.1) is 11.3 Å². The smallest absolute Gasteiger partial charge is 0.178 e. The van der Waals surface area contributed by atoms with E-state index in [0.29, 0.717) is 26.4 Å². The molecule has 3 rings (SSSR count). The molecule has 0 amide bonds. The molecule has 2 aromatic rings. The van der Waals surface area contributed by atoms with Gasteiger partial charge in [-0.2, -0.15) is 5.10 Å². The SMILES string of the molecule is CCCCCc1nc(-c2csc(C)n2)n(CC2COCCO2)n1. The van der Waals surface area contributed by atoms with E-state index in [0.717, 1.165) is 35.2 Å². The lowest BCUT2D eigenvalue weighted by Crippen LogP contribution is -2.32. The predicted molar refractivity (Wildman–Crippen MR) is 89.7 cm³/mol. The molecule has 1 saturated heterocycles. The van der Waals surface area contributed by atoms with Crippen LogP contribution in [0.2, 0.25) is 0 Å². The zero-order valence-corrected chi connectivity index (χ0v) is 14.6. The van der Waals surface area contributed by atoms with Gasteiger partial charge in [-0.25, -0.2) is 14.6 Å². The second-order valence-corrected chi connectivity index (χ2v) is 6.87. The van der Waals surface area contributed by atoms with Crippen LogP contribution in [0.5, 0.6) is 0 Å². The largest absolute Gasteiger partial charge is 0.376 e. The Bertz CT molecular complexity index is 619. The van der Waals surface area contributed by atoms with Gasteiger partial charge in [-0.05, 0) is 13.3 Å². The summed E-state index contributed by atoms with van der Waals surface area (Å²) >= 11 is 1.64. The number of ether oxygens (including phenoxy) is 2. The predicted octanol–water partition coefficient (Wildman–Crippen LogP) is 2.86. The number of nitrogens with zero attached hydrogens (tertiary/aromatic N) is 4. The maximum absolute atomic E-state index is 5.75. The molecule has 126 valence electrons. The van der Waals surface area contributed by atoms with E-state index in [-0.39, 0.29) is 6.10 Å². The van der Waals surface area contributed by atoms with Crippen molar-refractivity contribution in [3.8, 4) is 11.5 Å². The van der Waals surface area contributed by atoms with Gasteiger partial charge in [0.15, 0.2) is 11.6 Å². The average molecular weight is 336 g/mol. The highest BCUT2D eigenvalue weighted by Crippen LogP contribution is 2.21. The van der Waals surface area contributed by atoms with Gasteiger partial charge < -0.3 is 9.47 Å². The molecule has 0 spiro atoms. The fraction of sp³-hybridized carbons (Fsp3) is 0.688. The molecule has 2 aromatic heterocycles. The molecular weight excluding hydrogens is 312 g/mol. The summed E-state index contributed by atoms with van der Waals surface area (Å²) in [7, 11) is 0. The minimum atomic E-state index is 0.0347. The summed E-state index contributed by atoms with van der Waals surface area (Å²) in [4.78, 5) is 9.30. The van der Waals surface area contributed by atoms with Crippen LogP contribution in [0.3, 0.4) is 0 Å². The third-order valence-corrected chi connectivity index (χ3v) is 4.60. The molecule has 1 fully saturated rings. The number of aryl methyl sites for hydroxylation is 2. The van der Waals surface area contributed by atoms with Crippen LogP contribution in [0.1, 0.15) is 37.0 Å². The highest BCUT2D eigenvalue weighted by molar-refractivity contribution is 7.09. The molecule has 0 aromatic carbocycles. The van der Waals surface area contributed by atoms with E-state index >= 15 is 0 Å². The van der Waals surface area contributed by atoms with E-state index in [1.54, 1.807) is 11.3 Å². The molecule has 3 heterocycles. The van der Waals surface area contributed by atoms with Gasteiger partial charge in [-0.1, -0.05) is 19.8 Å². The Morgan fingerprint density at radius 1 is 1.30 bits per heavy atom. The number of aromatic nitrogens is 4. The quantitative estimate of drug-likeness (QED) is 0.728. The van der Waals surface area contributed by atoms with Crippen molar-refractivity contribution in [2.45, 2.75) is 52.2 Å². The molecule has 1 aliphatic heterocycles. The first-order chi connectivity index (χ1) is 11.3. The maximum Gasteiger partial charge on any atom is 0.178 e. The Labute approximate surface area is 140 Å². The lowest BCUT2D eigenvalue weighted by atomic mass is 10.2. The van der Waals surface area contributed by atoms with Crippen molar-refractivity contribution in [2.24, 2.45) is 0 Å². The monoisotopic (exact) mass is 336 g/mol. The van der Waals surface area contributed by atoms with Crippen LogP contribution < -0.4 is 0 Å². The molecule has 1 unspecified atom stereocenters. The van der Waals surface area contributed by atoms with Gasteiger partial charge in [0.05, 0.1) is 31.4 Å². The minimum absolute atomic E-state index is 0.0347. The van der Waals surface area contributed by atoms with Gasteiger partial charge in [0, 0.05) is 11.8 Å². The molecule has 1 aliphatic rings. The number of unbranched alkanes of at least 4 members (excludes halogenated alkanes) is 2. The van der Waals surface area contributed by atoms with Crippen molar-refractivity contribution in [2.75, 3.05) is 19.8 Å². The summed E-state index contributed by atoms with van der Waals surface area (Å²) in [6.07, 6.45) is 4.48. The number of thiazole rings is 1. The van der Waals surface area contributed by atoms with Crippen LogP contribution in [0.4, 0.5) is 0 Å². The zero-order valence-electron chi connectivity index (χ0n) is 13.8.